The largest absolute Gasteiger partial charge is 0.486 e. The molecule has 0 spiro atoms. The van der Waals surface area contributed by atoms with Crippen LogP contribution in [0, 0.1) is 6.92 Å². The SMILES string of the molecule is Cc1ccc([C@@H](C)N)c(OC2CS(=O)(=O)CC2O)c1. The lowest BCUT2D eigenvalue weighted by atomic mass is 10.1. The van der Waals surface area contributed by atoms with E-state index in [4.69, 9.17) is 10.5 Å². The Balaban J connectivity index is 2.26. The molecule has 0 radical (unpaired) electrons. The maximum absolute atomic E-state index is 11.5. The Labute approximate surface area is 113 Å². The van der Waals surface area contributed by atoms with Crippen LogP contribution in [-0.4, -0.2) is 37.2 Å². The maximum Gasteiger partial charge on any atom is 0.156 e. The fourth-order valence-corrected chi connectivity index (χ4v) is 3.85. The van der Waals surface area contributed by atoms with Gasteiger partial charge in [0.1, 0.15) is 18.0 Å². The van der Waals surface area contributed by atoms with Gasteiger partial charge in [-0.3, -0.25) is 0 Å². The highest BCUT2D eigenvalue weighted by Crippen LogP contribution is 2.28. The van der Waals surface area contributed by atoms with E-state index >= 15 is 0 Å². The molecule has 106 valence electrons. The first-order chi connectivity index (χ1) is 8.78. The normalized spacial score (nSPS) is 27.2. The third-order valence-electron chi connectivity index (χ3n) is 3.21. The standard InChI is InChI=1S/C13H19NO4S/c1-8-3-4-10(9(2)14)12(5-8)18-13-7-19(16,17)6-11(13)15/h3-5,9,11,13,15H,6-7,14H2,1-2H3/t9-,11?,13?/m1/s1. The monoisotopic (exact) mass is 285 g/mol. The van der Waals surface area contributed by atoms with Gasteiger partial charge in [0, 0.05) is 11.6 Å². The Morgan fingerprint density at radius 3 is 2.63 bits per heavy atom. The molecule has 0 amide bonds. The Bertz CT molecular complexity index is 568. The summed E-state index contributed by atoms with van der Waals surface area (Å²) in [6.45, 7) is 3.75. The van der Waals surface area contributed by atoms with Crippen molar-refractivity contribution in [3.05, 3.63) is 29.3 Å². The number of ether oxygens (including phenoxy) is 1. The smallest absolute Gasteiger partial charge is 0.156 e. The van der Waals surface area contributed by atoms with Crippen molar-refractivity contribution >= 4 is 9.84 Å². The minimum absolute atomic E-state index is 0.152. The summed E-state index contributed by atoms with van der Waals surface area (Å²) in [6.07, 6.45) is -1.70. The quantitative estimate of drug-likeness (QED) is 0.846. The minimum Gasteiger partial charge on any atom is -0.486 e. The first kappa shape index (κ1) is 14.3. The fourth-order valence-electron chi connectivity index (χ4n) is 2.19. The molecule has 1 fully saturated rings. The molecule has 0 aliphatic carbocycles. The Morgan fingerprint density at radius 1 is 1.42 bits per heavy atom. The number of benzene rings is 1. The third kappa shape index (κ3) is 3.26. The zero-order valence-electron chi connectivity index (χ0n) is 11.0. The van der Waals surface area contributed by atoms with E-state index in [1.807, 2.05) is 32.0 Å². The number of hydrogen-bond donors (Lipinski definition) is 2. The Morgan fingerprint density at radius 2 is 2.11 bits per heavy atom. The van der Waals surface area contributed by atoms with Gasteiger partial charge >= 0.3 is 0 Å². The molecule has 3 atom stereocenters. The van der Waals surface area contributed by atoms with Gasteiger partial charge in [-0.15, -0.1) is 0 Å². The molecule has 3 N–H and O–H groups in total. The van der Waals surface area contributed by atoms with Crippen LogP contribution < -0.4 is 10.5 Å². The van der Waals surface area contributed by atoms with Gasteiger partial charge < -0.3 is 15.6 Å². The van der Waals surface area contributed by atoms with Crippen molar-refractivity contribution in [3.63, 3.8) is 0 Å². The summed E-state index contributed by atoms with van der Waals surface area (Å²) in [5.41, 5.74) is 7.67. The number of sulfone groups is 1. The van der Waals surface area contributed by atoms with Crippen LogP contribution in [0.1, 0.15) is 24.1 Å². The first-order valence-electron chi connectivity index (χ1n) is 6.20. The van der Waals surface area contributed by atoms with Crippen LogP contribution in [0.3, 0.4) is 0 Å². The molecular formula is C13H19NO4S. The van der Waals surface area contributed by atoms with Gasteiger partial charge in [0.05, 0.1) is 11.5 Å². The maximum atomic E-state index is 11.5. The average Bonchev–Trinajstić information content (AvgIpc) is 2.51. The molecule has 2 rings (SSSR count). The molecule has 0 saturated carbocycles. The number of nitrogens with two attached hydrogens (primary N) is 1. The van der Waals surface area contributed by atoms with Gasteiger partial charge in [-0.1, -0.05) is 12.1 Å². The van der Waals surface area contributed by atoms with Crippen molar-refractivity contribution in [3.8, 4) is 5.75 Å². The van der Waals surface area contributed by atoms with Crippen molar-refractivity contribution in [2.75, 3.05) is 11.5 Å². The van der Waals surface area contributed by atoms with Crippen LogP contribution in [0.15, 0.2) is 18.2 Å². The van der Waals surface area contributed by atoms with Crippen molar-refractivity contribution in [1.82, 2.24) is 0 Å². The lowest BCUT2D eigenvalue weighted by Crippen LogP contribution is -2.30. The summed E-state index contributed by atoms with van der Waals surface area (Å²) in [7, 11) is -3.21. The second kappa shape index (κ2) is 5.11. The lowest BCUT2D eigenvalue weighted by Gasteiger charge is -2.20. The van der Waals surface area contributed by atoms with Crippen LogP contribution in [0.2, 0.25) is 0 Å². The molecule has 0 aromatic heterocycles. The molecule has 19 heavy (non-hydrogen) atoms. The molecule has 0 bridgehead atoms. The minimum atomic E-state index is -3.21. The van der Waals surface area contributed by atoms with E-state index in [2.05, 4.69) is 0 Å². The highest BCUT2D eigenvalue weighted by Gasteiger charge is 2.38. The average molecular weight is 285 g/mol. The van der Waals surface area contributed by atoms with Gasteiger partial charge in [0.2, 0.25) is 0 Å². The van der Waals surface area contributed by atoms with Crippen molar-refractivity contribution in [2.24, 2.45) is 5.73 Å². The van der Waals surface area contributed by atoms with Gasteiger partial charge in [0.25, 0.3) is 0 Å². The molecule has 1 aromatic carbocycles. The van der Waals surface area contributed by atoms with Crippen LogP contribution >= 0.6 is 0 Å². The fraction of sp³-hybridized carbons (Fsp3) is 0.538. The van der Waals surface area contributed by atoms with E-state index < -0.39 is 22.0 Å². The van der Waals surface area contributed by atoms with Gasteiger partial charge in [-0.05, 0) is 25.5 Å². The molecule has 1 aromatic rings. The second-order valence-electron chi connectivity index (χ2n) is 5.13. The predicted molar refractivity (Wildman–Crippen MR) is 72.9 cm³/mol. The summed E-state index contributed by atoms with van der Waals surface area (Å²) >= 11 is 0. The van der Waals surface area contributed by atoms with Crippen LogP contribution in [0.4, 0.5) is 0 Å². The zero-order valence-corrected chi connectivity index (χ0v) is 11.9. The van der Waals surface area contributed by atoms with E-state index in [9.17, 15) is 13.5 Å². The molecule has 1 aliphatic rings. The second-order valence-corrected chi connectivity index (χ2v) is 7.28. The first-order valence-corrected chi connectivity index (χ1v) is 8.02. The van der Waals surface area contributed by atoms with Crippen molar-refractivity contribution < 1.29 is 18.3 Å². The number of aryl methyl sites for hydroxylation is 1. The topological polar surface area (TPSA) is 89.6 Å². The molecule has 1 saturated heterocycles. The lowest BCUT2D eigenvalue weighted by molar-refractivity contribution is 0.0729. The van der Waals surface area contributed by atoms with Crippen LogP contribution in [-0.2, 0) is 9.84 Å². The number of hydrogen-bond acceptors (Lipinski definition) is 5. The number of rotatable bonds is 3. The van der Waals surface area contributed by atoms with Crippen molar-refractivity contribution in [2.45, 2.75) is 32.1 Å². The highest BCUT2D eigenvalue weighted by atomic mass is 32.2. The number of aliphatic hydroxyl groups excluding tert-OH is 1. The summed E-state index contributed by atoms with van der Waals surface area (Å²) in [5, 5.41) is 9.75. The van der Waals surface area contributed by atoms with Gasteiger partial charge in [-0.25, -0.2) is 8.42 Å². The van der Waals surface area contributed by atoms with Gasteiger partial charge in [-0.2, -0.15) is 0 Å². The van der Waals surface area contributed by atoms with Gasteiger partial charge in [0.15, 0.2) is 9.84 Å². The van der Waals surface area contributed by atoms with E-state index in [1.54, 1.807) is 0 Å². The van der Waals surface area contributed by atoms with Crippen LogP contribution in [0.25, 0.3) is 0 Å². The summed E-state index contributed by atoms with van der Waals surface area (Å²) < 4.78 is 28.6. The molecule has 6 heteroatoms. The Kier molecular flexibility index (Phi) is 3.85. The summed E-state index contributed by atoms with van der Waals surface area (Å²) in [6, 6.07) is 5.39. The van der Waals surface area contributed by atoms with E-state index in [0.29, 0.717) is 5.75 Å². The summed E-state index contributed by atoms with van der Waals surface area (Å²) in [5.74, 6) is 0.161. The number of aliphatic hydroxyl groups is 1. The third-order valence-corrected chi connectivity index (χ3v) is 4.90. The van der Waals surface area contributed by atoms with Crippen molar-refractivity contribution in [1.29, 1.82) is 0 Å². The Hall–Kier alpha value is -1.11. The van der Waals surface area contributed by atoms with E-state index in [0.717, 1.165) is 11.1 Å². The molecule has 1 aliphatic heterocycles. The molecule has 1 heterocycles. The molecule has 5 nitrogen and oxygen atoms in total. The molecular weight excluding hydrogens is 266 g/mol. The summed E-state index contributed by atoms with van der Waals surface area (Å²) in [4.78, 5) is 0. The predicted octanol–water partition coefficient (Wildman–Crippen LogP) is 0.551. The van der Waals surface area contributed by atoms with E-state index in [-0.39, 0.29) is 17.5 Å². The van der Waals surface area contributed by atoms with E-state index in [1.165, 1.54) is 0 Å². The van der Waals surface area contributed by atoms with Crippen LogP contribution in [0.5, 0.6) is 5.75 Å². The zero-order chi connectivity index (χ0) is 14.2. The molecule has 2 unspecified atom stereocenters. The highest BCUT2D eigenvalue weighted by molar-refractivity contribution is 7.91.